The van der Waals surface area contributed by atoms with Crippen molar-refractivity contribution in [1.82, 2.24) is 14.7 Å². The zero-order valence-corrected chi connectivity index (χ0v) is 22.9. The molecule has 10 heteroatoms. The lowest BCUT2D eigenvalue weighted by molar-refractivity contribution is -0.125. The van der Waals surface area contributed by atoms with Crippen LogP contribution in [0.3, 0.4) is 0 Å². The quantitative estimate of drug-likeness (QED) is 0.433. The number of benzene rings is 2. The Morgan fingerprint density at radius 1 is 0.974 bits per heavy atom. The van der Waals surface area contributed by atoms with E-state index in [4.69, 9.17) is 4.18 Å². The number of nitrogens with one attached hydrogen (secondary N) is 1. The molecule has 38 heavy (non-hydrogen) atoms. The average molecular weight is 539 g/mol. The number of nitrogens with zero attached hydrogens (tertiary/aromatic N) is 3. The molecule has 4 rings (SSSR count). The molecular formula is C28H34N4O5S. The largest absolute Gasteiger partial charge is 0.508 e. The maximum atomic E-state index is 13.8. The van der Waals surface area contributed by atoms with Gasteiger partial charge in [0.15, 0.2) is 5.75 Å². The van der Waals surface area contributed by atoms with Gasteiger partial charge in [0.05, 0.1) is 5.41 Å². The molecule has 1 aromatic heterocycles. The first kappa shape index (κ1) is 27.4. The molecule has 2 heterocycles. The van der Waals surface area contributed by atoms with Crippen LogP contribution in [0.1, 0.15) is 69.1 Å². The van der Waals surface area contributed by atoms with Gasteiger partial charge < -0.3 is 14.2 Å². The van der Waals surface area contributed by atoms with Gasteiger partial charge >= 0.3 is 10.3 Å². The number of aromatic hydroxyl groups is 1. The third-order valence-corrected chi connectivity index (χ3v) is 7.84. The molecule has 0 atom stereocenters. The highest BCUT2D eigenvalue weighted by atomic mass is 32.2. The molecule has 202 valence electrons. The van der Waals surface area contributed by atoms with Gasteiger partial charge in [-0.2, -0.15) is 8.42 Å². The number of phenolic OH excluding ortho intramolecular Hbond substituents is 1. The summed E-state index contributed by atoms with van der Waals surface area (Å²) in [5.41, 5.74) is 0.809. The van der Waals surface area contributed by atoms with E-state index in [1.54, 1.807) is 30.6 Å². The van der Waals surface area contributed by atoms with Crippen molar-refractivity contribution in [2.24, 2.45) is 0 Å². The fraction of sp³-hybridized carbons (Fsp3) is 0.393. The summed E-state index contributed by atoms with van der Waals surface area (Å²) >= 11 is 0. The highest BCUT2D eigenvalue weighted by Gasteiger charge is 2.45. The van der Waals surface area contributed by atoms with Crippen LogP contribution in [0.25, 0.3) is 0 Å². The minimum absolute atomic E-state index is 0.00459. The van der Waals surface area contributed by atoms with Crippen LogP contribution >= 0.6 is 0 Å². The van der Waals surface area contributed by atoms with Gasteiger partial charge in [0.2, 0.25) is 11.9 Å². The fourth-order valence-corrected chi connectivity index (χ4v) is 5.79. The number of aromatic nitrogens is 2. The van der Waals surface area contributed by atoms with Crippen LogP contribution in [0.2, 0.25) is 0 Å². The van der Waals surface area contributed by atoms with E-state index in [0.29, 0.717) is 24.6 Å². The molecule has 3 aromatic rings. The summed E-state index contributed by atoms with van der Waals surface area (Å²) in [6.07, 6.45) is 3.87. The van der Waals surface area contributed by atoms with Crippen molar-refractivity contribution in [3.05, 3.63) is 77.6 Å². The van der Waals surface area contributed by atoms with E-state index in [9.17, 15) is 18.3 Å². The number of carbonyl (C=O) groups excluding carboxylic acids is 1. The molecule has 1 fully saturated rings. The van der Waals surface area contributed by atoms with Gasteiger partial charge in [-0.1, -0.05) is 58.0 Å². The van der Waals surface area contributed by atoms with Gasteiger partial charge in [0.25, 0.3) is 0 Å². The molecule has 2 aromatic carbocycles. The first-order valence-electron chi connectivity index (χ1n) is 12.7. The van der Waals surface area contributed by atoms with Gasteiger partial charge in [0, 0.05) is 25.5 Å². The first-order chi connectivity index (χ1) is 18.0. The molecule has 0 saturated carbocycles. The standard InChI is InChI=1S/C28H34N4O5S/c1-19(2)23-10-6-11-24(20(3)4)25(23)37-38(35,36)31-26(34)28(21-8-5-9-22(33)18-21)12-16-32(17-13-28)27-29-14-7-15-30-27/h5-11,14-15,18-20,33H,12-13,16-17H2,1-4H3,(H,31,34). The van der Waals surface area contributed by atoms with Gasteiger partial charge in [-0.15, -0.1) is 0 Å². The minimum Gasteiger partial charge on any atom is -0.508 e. The zero-order chi connectivity index (χ0) is 27.5. The van der Waals surface area contributed by atoms with Gasteiger partial charge in [-0.3, -0.25) is 4.79 Å². The number of carbonyl (C=O) groups is 1. The van der Waals surface area contributed by atoms with Crippen LogP contribution < -0.4 is 13.8 Å². The van der Waals surface area contributed by atoms with Crippen LogP contribution in [-0.2, 0) is 20.5 Å². The van der Waals surface area contributed by atoms with Crippen LogP contribution in [0, 0.1) is 0 Å². The number of hydrogen-bond acceptors (Lipinski definition) is 8. The number of amides is 1. The molecule has 1 amide bonds. The van der Waals surface area contributed by atoms with E-state index in [2.05, 4.69) is 14.7 Å². The predicted molar refractivity (Wildman–Crippen MR) is 146 cm³/mol. The molecule has 0 radical (unpaired) electrons. The van der Waals surface area contributed by atoms with Crippen molar-refractivity contribution >= 4 is 22.2 Å². The Bertz CT molecular complexity index is 1360. The Morgan fingerprint density at radius 3 is 2.11 bits per heavy atom. The van der Waals surface area contributed by atoms with E-state index in [-0.39, 0.29) is 36.2 Å². The Balaban J connectivity index is 1.64. The lowest BCUT2D eigenvalue weighted by atomic mass is 9.72. The summed E-state index contributed by atoms with van der Waals surface area (Å²) < 4.78 is 34.4. The zero-order valence-electron chi connectivity index (χ0n) is 22.1. The summed E-state index contributed by atoms with van der Waals surface area (Å²) in [6.45, 7) is 8.66. The number of piperidine rings is 1. The van der Waals surface area contributed by atoms with Crippen LogP contribution in [-0.4, -0.2) is 42.5 Å². The van der Waals surface area contributed by atoms with E-state index in [0.717, 1.165) is 11.1 Å². The molecule has 0 aliphatic carbocycles. The second-order valence-electron chi connectivity index (χ2n) is 10.2. The van der Waals surface area contributed by atoms with Gasteiger partial charge in [-0.05, 0) is 59.6 Å². The first-order valence-corrected chi connectivity index (χ1v) is 14.1. The van der Waals surface area contributed by atoms with Gasteiger partial charge in [-0.25, -0.2) is 14.7 Å². The Kier molecular flexibility index (Phi) is 7.91. The Labute approximate surface area is 224 Å². The SMILES string of the molecule is CC(C)c1cccc(C(C)C)c1OS(=O)(=O)NC(=O)C1(c2cccc(O)c2)CCN(c2ncccn2)CC1. The minimum atomic E-state index is -4.52. The smallest absolute Gasteiger partial charge is 0.409 e. The lowest BCUT2D eigenvalue weighted by Crippen LogP contribution is -2.53. The van der Waals surface area contributed by atoms with Crippen LogP contribution in [0.5, 0.6) is 11.5 Å². The number of anilines is 1. The Hall–Kier alpha value is -3.66. The second-order valence-corrected chi connectivity index (χ2v) is 11.5. The third-order valence-electron chi connectivity index (χ3n) is 7.02. The monoisotopic (exact) mass is 538 g/mol. The van der Waals surface area contributed by atoms with E-state index in [1.165, 1.54) is 12.1 Å². The lowest BCUT2D eigenvalue weighted by Gasteiger charge is -2.40. The number of rotatable bonds is 8. The average Bonchev–Trinajstić information content (AvgIpc) is 2.88. The van der Waals surface area contributed by atoms with Crippen LogP contribution in [0.4, 0.5) is 5.95 Å². The van der Waals surface area contributed by atoms with E-state index < -0.39 is 21.6 Å². The van der Waals surface area contributed by atoms with Crippen molar-refractivity contribution in [3.8, 4) is 11.5 Å². The maximum Gasteiger partial charge on any atom is 0.409 e. The molecule has 0 spiro atoms. The topological polar surface area (TPSA) is 122 Å². The molecule has 9 nitrogen and oxygen atoms in total. The third kappa shape index (κ3) is 5.75. The highest BCUT2D eigenvalue weighted by molar-refractivity contribution is 7.85. The molecule has 1 saturated heterocycles. The number of hydrogen-bond donors (Lipinski definition) is 2. The van der Waals surface area contributed by atoms with E-state index >= 15 is 0 Å². The molecule has 1 aliphatic rings. The molecule has 0 unspecified atom stereocenters. The highest BCUT2D eigenvalue weighted by Crippen LogP contribution is 2.39. The summed E-state index contributed by atoms with van der Waals surface area (Å²) in [5, 5.41) is 10.2. The summed E-state index contributed by atoms with van der Waals surface area (Å²) in [6, 6.07) is 13.7. The number of para-hydroxylation sites is 1. The van der Waals surface area contributed by atoms with Crippen molar-refractivity contribution in [3.63, 3.8) is 0 Å². The normalized spacial score (nSPS) is 15.5. The number of phenols is 1. The summed E-state index contributed by atoms with van der Waals surface area (Å²) in [5.74, 6) is 0.107. The van der Waals surface area contributed by atoms with Crippen molar-refractivity contribution in [2.75, 3.05) is 18.0 Å². The Morgan fingerprint density at radius 2 is 1.55 bits per heavy atom. The maximum absolute atomic E-state index is 13.8. The summed E-state index contributed by atoms with van der Waals surface area (Å²) in [4.78, 5) is 24.4. The molecule has 2 N–H and O–H groups in total. The van der Waals surface area contributed by atoms with E-state index in [1.807, 2.05) is 50.8 Å². The van der Waals surface area contributed by atoms with Crippen molar-refractivity contribution < 1.29 is 22.5 Å². The molecule has 1 aliphatic heterocycles. The van der Waals surface area contributed by atoms with Crippen LogP contribution in [0.15, 0.2) is 60.9 Å². The molecular weight excluding hydrogens is 504 g/mol. The molecule has 0 bridgehead atoms. The van der Waals surface area contributed by atoms with Crippen molar-refractivity contribution in [1.29, 1.82) is 0 Å². The van der Waals surface area contributed by atoms with Gasteiger partial charge in [0.1, 0.15) is 5.75 Å². The summed E-state index contributed by atoms with van der Waals surface area (Å²) in [7, 11) is -4.52. The second kappa shape index (κ2) is 11.0. The predicted octanol–water partition coefficient (Wildman–Crippen LogP) is 4.41. The fourth-order valence-electron chi connectivity index (χ4n) is 4.91. The van der Waals surface area contributed by atoms with Crippen molar-refractivity contribution in [2.45, 2.75) is 57.8 Å².